The fourth-order valence-corrected chi connectivity index (χ4v) is 1.72. The highest BCUT2D eigenvalue weighted by molar-refractivity contribution is 5.76. The first kappa shape index (κ1) is 13.8. The summed E-state index contributed by atoms with van der Waals surface area (Å²) in [6.07, 6.45) is 2.23. The number of nitrogens with zero attached hydrogens (tertiary/aromatic N) is 1. The number of hydrogen-bond donors (Lipinski definition) is 1. The molecule has 0 fully saturated rings. The van der Waals surface area contributed by atoms with Gasteiger partial charge < -0.3 is 14.6 Å². The molecule has 1 aromatic heterocycles. The Morgan fingerprint density at radius 3 is 2.65 bits per heavy atom. The molecule has 0 aromatic carbocycles. The summed E-state index contributed by atoms with van der Waals surface area (Å²) in [7, 11) is 0. The Bertz CT molecular complexity index is 343. The van der Waals surface area contributed by atoms with Crippen molar-refractivity contribution in [2.75, 3.05) is 19.6 Å². The summed E-state index contributed by atoms with van der Waals surface area (Å²) in [5.41, 5.74) is 1.15. The molecule has 0 spiro atoms. The highest BCUT2D eigenvalue weighted by Gasteiger charge is 2.08. The fraction of sp³-hybridized carbons (Fsp3) is 0.615. The molecule has 0 atom stereocenters. The van der Waals surface area contributed by atoms with E-state index in [1.165, 1.54) is 0 Å². The Hall–Kier alpha value is -1.29. The summed E-state index contributed by atoms with van der Waals surface area (Å²) in [6.45, 7) is 8.96. The van der Waals surface area contributed by atoms with Crippen molar-refractivity contribution >= 4 is 5.91 Å². The van der Waals surface area contributed by atoms with Crippen molar-refractivity contribution in [1.29, 1.82) is 0 Å². The summed E-state index contributed by atoms with van der Waals surface area (Å²) in [6, 6.07) is 1.94. The first-order chi connectivity index (χ1) is 8.19. The highest BCUT2D eigenvalue weighted by Crippen LogP contribution is 2.07. The lowest BCUT2D eigenvalue weighted by molar-refractivity contribution is -0.130. The Morgan fingerprint density at radius 1 is 1.41 bits per heavy atom. The van der Waals surface area contributed by atoms with E-state index in [2.05, 4.69) is 5.32 Å². The molecule has 0 bridgehead atoms. The van der Waals surface area contributed by atoms with Crippen LogP contribution in [0.1, 0.15) is 31.6 Å². The van der Waals surface area contributed by atoms with Crippen LogP contribution in [0.4, 0.5) is 0 Å². The minimum absolute atomic E-state index is 0.207. The number of hydrogen-bond acceptors (Lipinski definition) is 3. The molecule has 0 aliphatic rings. The van der Waals surface area contributed by atoms with Gasteiger partial charge >= 0.3 is 0 Å². The van der Waals surface area contributed by atoms with Crippen LogP contribution in [0.3, 0.4) is 0 Å². The molecular weight excluding hydrogens is 216 g/mol. The van der Waals surface area contributed by atoms with Gasteiger partial charge in [-0.15, -0.1) is 0 Å². The summed E-state index contributed by atoms with van der Waals surface area (Å²) in [5, 5.41) is 3.22. The molecule has 1 rings (SSSR count). The van der Waals surface area contributed by atoms with Crippen LogP contribution in [0.15, 0.2) is 16.7 Å². The van der Waals surface area contributed by atoms with E-state index in [0.717, 1.165) is 24.4 Å². The molecule has 0 saturated carbocycles. The standard InChI is InChI=1S/C13H22N2O2/c1-4-15(5-2)13(16)6-8-14-10-12-11(3)7-9-17-12/h7,9,14H,4-6,8,10H2,1-3H3. The van der Waals surface area contributed by atoms with Gasteiger partial charge in [-0.1, -0.05) is 0 Å². The maximum atomic E-state index is 11.7. The molecule has 17 heavy (non-hydrogen) atoms. The Kier molecular flexibility index (Phi) is 5.77. The maximum Gasteiger partial charge on any atom is 0.223 e. The Labute approximate surface area is 103 Å². The van der Waals surface area contributed by atoms with E-state index in [1.807, 2.05) is 31.7 Å². The average Bonchev–Trinajstić information content (AvgIpc) is 2.72. The van der Waals surface area contributed by atoms with E-state index in [1.54, 1.807) is 6.26 Å². The van der Waals surface area contributed by atoms with Gasteiger partial charge in [0.05, 0.1) is 12.8 Å². The third-order valence-electron chi connectivity index (χ3n) is 2.89. The minimum atomic E-state index is 0.207. The molecule has 1 aromatic rings. The Balaban J connectivity index is 2.20. The van der Waals surface area contributed by atoms with Gasteiger partial charge in [-0.25, -0.2) is 0 Å². The number of aryl methyl sites for hydroxylation is 1. The second-order valence-corrected chi connectivity index (χ2v) is 4.02. The molecule has 1 heterocycles. The van der Waals surface area contributed by atoms with Gasteiger partial charge in [-0.05, 0) is 32.4 Å². The average molecular weight is 238 g/mol. The third-order valence-corrected chi connectivity index (χ3v) is 2.89. The van der Waals surface area contributed by atoms with Crippen molar-refractivity contribution in [2.45, 2.75) is 33.7 Å². The van der Waals surface area contributed by atoms with Gasteiger partial charge in [0.1, 0.15) is 5.76 Å². The first-order valence-corrected chi connectivity index (χ1v) is 6.20. The fourth-order valence-electron chi connectivity index (χ4n) is 1.72. The van der Waals surface area contributed by atoms with E-state index in [9.17, 15) is 4.79 Å². The second kappa shape index (κ2) is 7.12. The van der Waals surface area contributed by atoms with Crippen molar-refractivity contribution in [3.8, 4) is 0 Å². The van der Waals surface area contributed by atoms with Gasteiger partial charge in [-0.2, -0.15) is 0 Å². The molecule has 96 valence electrons. The molecule has 1 amide bonds. The van der Waals surface area contributed by atoms with Crippen LogP contribution < -0.4 is 5.32 Å². The van der Waals surface area contributed by atoms with Crippen molar-refractivity contribution < 1.29 is 9.21 Å². The molecule has 0 saturated heterocycles. The van der Waals surface area contributed by atoms with E-state index in [0.29, 0.717) is 19.5 Å². The number of carbonyl (C=O) groups is 1. The van der Waals surface area contributed by atoms with E-state index in [4.69, 9.17) is 4.42 Å². The maximum absolute atomic E-state index is 11.7. The first-order valence-electron chi connectivity index (χ1n) is 6.20. The van der Waals surface area contributed by atoms with Crippen molar-refractivity contribution in [3.63, 3.8) is 0 Å². The minimum Gasteiger partial charge on any atom is -0.468 e. The van der Waals surface area contributed by atoms with Crippen LogP contribution in [0, 0.1) is 6.92 Å². The van der Waals surface area contributed by atoms with Gasteiger partial charge in [-0.3, -0.25) is 4.79 Å². The van der Waals surface area contributed by atoms with Crippen molar-refractivity contribution in [2.24, 2.45) is 0 Å². The van der Waals surface area contributed by atoms with E-state index >= 15 is 0 Å². The highest BCUT2D eigenvalue weighted by atomic mass is 16.3. The van der Waals surface area contributed by atoms with Crippen LogP contribution in [0.5, 0.6) is 0 Å². The monoisotopic (exact) mass is 238 g/mol. The molecule has 0 radical (unpaired) electrons. The van der Waals surface area contributed by atoms with Crippen LogP contribution in [0.2, 0.25) is 0 Å². The molecule has 4 heteroatoms. The predicted molar refractivity (Wildman–Crippen MR) is 67.7 cm³/mol. The number of rotatable bonds is 7. The van der Waals surface area contributed by atoms with Gasteiger partial charge in [0.15, 0.2) is 0 Å². The number of carbonyl (C=O) groups excluding carboxylic acids is 1. The summed E-state index contributed by atoms with van der Waals surface area (Å²) in [5.74, 6) is 1.15. The van der Waals surface area contributed by atoms with Gasteiger partial charge in [0.2, 0.25) is 5.91 Å². The summed E-state index contributed by atoms with van der Waals surface area (Å²) in [4.78, 5) is 13.5. The molecule has 1 N–H and O–H groups in total. The molecule has 4 nitrogen and oxygen atoms in total. The lowest BCUT2D eigenvalue weighted by atomic mass is 10.3. The van der Waals surface area contributed by atoms with Crippen LogP contribution in [0.25, 0.3) is 0 Å². The molecule has 0 aliphatic carbocycles. The summed E-state index contributed by atoms with van der Waals surface area (Å²) >= 11 is 0. The smallest absolute Gasteiger partial charge is 0.223 e. The zero-order valence-corrected chi connectivity index (χ0v) is 11.0. The predicted octanol–water partition coefficient (Wildman–Crippen LogP) is 1.94. The zero-order valence-electron chi connectivity index (χ0n) is 11.0. The van der Waals surface area contributed by atoms with Crippen molar-refractivity contribution in [1.82, 2.24) is 10.2 Å². The molecular formula is C13H22N2O2. The van der Waals surface area contributed by atoms with E-state index < -0.39 is 0 Å². The number of amides is 1. The summed E-state index contributed by atoms with van der Waals surface area (Å²) < 4.78 is 5.30. The normalized spacial score (nSPS) is 10.5. The van der Waals surface area contributed by atoms with Crippen LogP contribution in [-0.2, 0) is 11.3 Å². The lowest BCUT2D eigenvalue weighted by Crippen LogP contribution is -2.32. The molecule has 0 aliphatic heterocycles. The largest absolute Gasteiger partial charge is 0.468 e. The number of furan rings is 1. The van der Waals surface area contributed by atoms with E-state index in [-0.39, 0.29) is 5.91 Å². The third kappa shape index (κ3) is 4.23. The SMILES string of the molecule is CCN(CC)C(=O)CCNCc1occc1C. The lowest BCUT2D eigenvalue weighted by Gasteiger charge is -2.18. The van der Waals surface area contributed by atoms with Crippen LogP contribution >= 0.6 is 0 Å². The van der Waals surface area contributed by atoms with Gasteiger partial charge in [0, 0.05) is 26.1 Å². The zero-order chi connectivity index (χ0) is 12.7. The Morgan fingerprint density at radius 2 is 2.12 bits per heavy atom. The quantitative estimate of drug-likeness (QED) is 0.738. The number of nitrogens with one attached hydrogen (secondary N) is 1. The van der Waals surface area contributed by atoms with Gasteiger partial charge in [0.25, 0.3) is 0 Å². The topological polar surface area (TPSA) is 45.5 Å². The molecule has 0 unspecified atom stereocenters. The van der Waals surface area contributed by atoms with Crippen LogP contribution in [-0.4, -0.2) is 30.4 Å². The second-order valence-electron chi connectivity index (χ2n) is 4.02. The van der Waals surface area contributed by atoms with Crippen molar-refractivity contribution in [3.05, 3.63) is 23.7 Å².